The highest BCUT2D eigenvalue weighted by Gasteiger charge is 2.16. The molecule has 2 aromatic carbocycles. The highest BCUT2D eigenvalue weighted by atomic mass is 35.5. The van der Waals surface area contributed by atoms with Crippen LogP contribution in [0.3, 0.4) is 0 Å². The number of halogens is 1. The molecule has 1 aromatic heterocycles. The second kappa shape index (κ2) is 7.43. The van der Waals surface area contributed by atoms with E-state index in [9.17, 15) is 9.59 Å². The van der Waals surface area contributed by atoms with E-state index in [1.807, 2.05) is 25.1 Å². The average Bonchev–Trinajstić information content (AvgIpc) is 2.63. The molecule has 0 fully saturated rings. The molecule has 0 bridgehead atoms. The second-order valence-electron chi connectivity index (χ2n) is 6.00. The summed E-state index contributed by atoms with van der Waals surface area (Å²) in [5.41, 5.74) is 1.83. The van der Waals surface area contributed by atoms with Crippen LogP contribution in [0.15, 0.2) is 47.3 Å². The highest BCUT2D eigenvalue weighted by molar-refractivity contribution is 7.71. The number of fused-ring (bicyclic) bond motifs is 1. The number of hydrogen-bond donors (Lipinski definition) is 1. The first-order valence-electron chi connectivity index (χ1n) is 8.17. The van der Waals surface area contributed by atoms with Gasteiger partial charge in [-0.3, -0.25) is 14.2 Å². The fourth-order valence-electron chi connectivity index (χ4n) is 2.80. The maximum absolute atomic E-state index is 12.9. The van der Waals surface area contributed by atoms with Gasteiger partial charge in [0.05, 0.1) is 10.9 Å². The Labute approximate surface area is 160 Å². The summed E-state index contributed by atoms with van der Waals surface area (Å²) in [6, 6.07) is 12.4. The SMILES string of the molecule is CCN(Cc1cccc(Cl)c1)C(=O)c1ccc2c(=O)n(C)c(=S)[nH]c2c1. The van der Waals surface area contributed by atoms with Gasteiger partial charge in [-0.05, 0) is 55.0 Å². The predicted octanol–water partition coefficient (Wildman–Crippen LogP) is 3.91. The number of aromatic amines is 1. The van der Waals surface area contributed by atoms with Crippen LogP contribution in [-0.2, 0) is 13.6 Å². The van der Waals surface area contributed by atoms with Gasteiger partial charge in [0, 0.05) is 30.7 Å². The summed E-state index contributed by atoms with van der Waals surface area (Å²) in [7, 11) is 1.61. The van der Waals surface area contributed by atoms with E-state index in [-0.39, 0.29) is 11.5 Å². The van der Waals surface area contributed by atoms with Crippen LogP contribution in [0.25, 0.3) is 10.9 Å². The maximum atomic E-state index is 12.9. The number of amides is 1. The molecule has 1 heterocycles. The summed E-state index contributed by atoms with van der Waals surface area (Å²) in [6.45, 7) is 2.93. The van der Waals surface area contributed by atoms with Gasteiger partial charge in [0.15, 0.2) is 4.77 Å². The Kier molecular flexibility index (Phi) is 5.25. The normalized spacial score (nSPS) is 10.9. The van der Waals surface area contributed by atoms with Gasteiger partial charge in [-0.1, -0.05) is 23.7 Å². The van der Waals surface area contributed by atoms with Crippen LogP contribution in [0.2, 0.25) is 5.02 Å². The highest BCUT2D eigenvalue weighted by Crippen LogP contribution is 2.16. The first kappa shape index (κ1) is 18.4. The lowest BCUT2D eigenvalue weighted by Gasteiger charge is -2.21. The van der Waals surface area contributed by atoms with Gasteiger partial charge in [0.25, 0.3) is 11.5 Å². The van der Waals surface area contributed by atoms with Gasteiger partial charge in [-0.15, -0.1) is 0 Å². The Bertz CT molecular complexity index is 1100. The number of H-pyrrole nitrogens is 1. The summed E-state index contributed by atoms with van der Waals surface area (Å²) in [5, 5.41) is 1.13. The zero-order valence-corrected chi connectivity index (χ0v) is 16.0. The molecule has 1 N–H and O–H groups in total. The lowest BCUT2D eigenvalue weighted by molar-refractivity contribution is 0.0752. The zero-order valence-electron chi connectivity index (χ0n) is 14.5. The molecule has 0 saturated heterocycles. The quantitative estimate of drug-likeness (QED) is 0.690. The van der Waals surface area contributed by atoms with E-state index >= 15 is 0 Å². The second-order valence-corrected chi connectivity index (χ2v) is 6.83. The zero-order chi connectivity index (χ0) is 18.8. The molecular weight excluding hydrogens is 370 g/mol. The van der Waals surface area contributed by atoms with Crippen molar-refractivity contribution in [2.45, 2.75) is 13.5 Å². The summed E-state index contributed by atoms with van der Waals surface area (Å²) in [6.07, 6.45) is 0. The molecule has 0 aliphatic rings. The molecule has 0 aliphatic carbocycles. The van der Waals surface area contributed by atoms with E-state index in [2.05, 4.69) is 4.98 Å². The van der Waals surface area contributed by atoms with E-state index in [0.29, 0.717) is 39.3 Å². The number of aromatic nitrogens is 2. The molecular formula is C19H18ClN3O2S. The summed E-state index contributed by atoms with van der Waals surface area (Å²) in [5.74, 6) is -0.116. The van der Waals surface area contributed by atoms with E-state index in [1.54, 1.807) is 36.2 Å². The third-order valence-electron chi connectivity index (χ3n) is 4.28. The topological polar surface area (TPSA) is 58.1 Å². The molecule has 0 spiro atoms. The minimum absolute atomic E-state index is 0.116. The molecule has 3 rings (SSSR count). The van der Waals surface area contributed by atoms with Gasteiger partial charge in [0.1, 0.15) is 0 Å². The van der Waals surface area contributed by atoms with Gasteiger partial charge < -0.3 is 9.88 Å². The summed E-state index contributed by atoms with van der Waals surface area (Å²) < 4.78 is 1.69. The number of benzene rings is 2. The number of carbonyl (C=O) groups excluding carboxylic acids is 1. The molecule has 134 valence electrons. The van der Waals surface area contributed by atoms with Crippen molar-refractivity contribution in [2.75, 3.05) is 6.54 Å². The van der Waals surface area contributed by atoms with Crippen LogP contribution in [-0.4, -0.2) is 26.9 Å². The summed E-state index contributed by atoms with van der Waals surface area (Å²) >= 11 is 11.2. The lowest BCUT2D eigenvalue weighted by atomic mass is 10.1. The third-order valence-corrected chi connectivity index (χ3v) is 4.89. The first-order valence-corrected chi connectivity index (χ1v) is 8.96. The van der Waals surface area contributed by atoms with Crippen LogP contribution >= 0.6 is 23.8 Å². The van der Waals surface area contributed by atoms with Crippen molar-refractivity contribution >= 4 is 40.6 Å². The Hall–Kier alpha value is -2.44. The average molecular weight is 388 g/mol. The summed E-state index contributed by atoms with van der Waals surface area (Å²) in [4.78, 5) is 29.9. The van der Waals surface area contributed by atoms with E-state index in [4.69, 9.17) is 23.8 Å². The molecule has 0 atom stereocenters. The van der Waals surface area contributed by atoms with Crippen LogP contribution in [0.5, 0.6) is 0 Å². The Balaban J connectivity index is 1.96. The van der Waals surface area contributed by atoms with E-state index in [1.165, 1.54) is 4.57 Å². The predicted molar refractivity (Wildman–Crippen MR) is 106 cm³/mol. The molecule has 0 aliphatic heterocycles. The Morgan fingerprint density at radius 3 is 2.73 bits per heavy atom. The Morgan fingerprint density at radius 1 is 1.27 bits per heavy atom. The van der Waals surface area contributed by atoms with Crippen molar-refractivity contribution in [1.29, 1.82) is 0 Å². The molecule has 0 unspecified atom stereocenters. The van der Waals surface area contributed by atoms with Crippen molar-refractivity contribution in [3.63, 3.8) is 0 Å². The number of rotatable bonds is 4. The smallest absolute Gasteiger partial charge is 0.261 e. The van der Waals surface area contributed by atoms with Gasteiger partial charge in [0.2, 0.25) is 0 Å². The van der Waals surface area contributed by atoms with Crippen molar-refractivity contribution in [3.05, 3.63) is 73.7 Å². The fourth-order valence-corrected chi connectivity index (χ4v) is 3.21. The minimum atomic E-state index is -0.186. The fraction of sp³-hybridized carbons (Fsp3) is 0.211. The minimum Gasteiger partial charge on any atom is -0.335 e. The number of hydrogen-bond acceptors (Lipinski definition) is 3. The van der Waals surface area contributed by atoms with Gasteiger partial charge in [-0.2, -0.15) is 0 Å². The van der Waals surface area contributed by atoms with E-state index < -0.39 is 0 Å². The standard InChI is InChI=1S/C19H18ClN3O2S/c1-3-23(11-12-5-4-6-14(20)9-12)17(24)13-7-8-15-16(10-13)21-19(26)22(2)18(15)25/h4-10H,3,11H2,1-2H3,(H,21,26). The van der Waals surface area contributed by atoms with Crippen molar-refractivity contribution in [1.82, 2.24) is 14.5 Å². The van der Waals surface area contributed by atoms with Crippen molar-refractivity contribution < 1.29 is 4.79 Å². The number of nitrogens with zero attached hydrogens (tertiary/aromatic N) is 2. The maximum Gasteiger partial charge on any atom is 0.261 e. The van der Waals surface area contributed by atoms with Gasteiger partial charge >= 0.3 is 0 Å². The molecule has 0 saturated carbocycles. The van der Waals surface area contributed by atoms with Crippen LogP contribution in [0, 0.1) is 4.77 Å². The molecule has 7 heteroatoms. The molecule has 3 aromatic rings. The van der Waals surface area contributed by atoms with Crippen LogP contribution in [0.4, 0.5) is 0 Å². The third kappa shape index (κ3) is 3.57. The molecule has 5 nitrogen and oxygen atoms in total. The van der Waals surface area contributed by atoms with Crippen LogP contribution < -0.4 is 5.56 Å². The first-order chi connectivity index (χ1) is 12.4. The lowest BCUT2D eigenvalue weighted by Crippen LogP contribution is -2.30. The van der Waals surface area contributed by atoms with E-state index in [0.717, 1.165) is 5.56 Å². The van der Waals surface area contributed by atoms with Crippen molar-refractivity contribution in [3.8, 4) is 0 Å². The molecule has 0 radical (unpaired) electrons. The monoisotopic (exact) mass is 387 g/mol. The Morgan fingerprint density at radius 2 is 2.04 bits per heavy atom. The molecule has 26 heavy (non-hydrogen) atoms. The van der Waals surface area contributed by atoms with Crippen LogP contribution in [0.1, 0.15) is 22.8 Å². The largest absolute Gasteiger partial charge is 0.335 e. The number of nitrogens with one attached hydrogen (secondary N) is 1. The molecule has 1 amide bonds. The number of carbonyl (C=O) groups is 1. The van der Waals surface area contributed by atoms with Crippen molar-refractivity contribution in [2.24, 2.45) is 7.05 Å². The van der Waals surface area contributed by atoms with Gasteiger partial charge in [-0.25, -0.2) is 0 Å².